The van der Waals surface area contributed by atoms with E-state index in [4.69, 9.17) is 0 Å². The number of nitro benzene ring substituents is 1. The smallest absolute Gasteiger partial charge is 0.283 e. The van der Waals surface area contributed by atoms with Gasteiger partial charge < -0.3 is 5.32 Å². The Kier molecular flexibility index (Phi) is 7.20. The number of nitrogens with zero attached hydrogens (tertiary/aromatic N) is 1. The molecule has 1 aliphatic rings. The second-order valence-corrected chi connectivity index (χ2v) is 7.56. The lowest BCUT2D eigenvalue weighted by Gasteiger charge is -2.22. The minimum Gasteiger partial charge on any atom is -0.316 e. The van der Waals surface area contributed by atoms with E-state index in [0.717, 1.165) is 25.9 Å². The number of nitrogens with one attached hydrogen (secondary N) is 2. The van der Waals surface area contributed by atoms with Crippen molar-refractivity contribution in [3.8, 4) is 0 Å². The van der Waals surface area contributed by atoms with Gasteiger partial charge in [-0.15, -0.1) is 12.4 Å². The zero-order chi connectivity index (χ0) is 15.5. The number of hydrogen-bond acceptors (Lipinski definition) is 5. The zero-order valence-electron chi connectivity index (χ0n) is 11.6. The Labute approximate surface area is 143 Å². The van der Waals surface area contributed by atoms with Crippen LogP contribution in [0.5, 0.6) is 0 Å². The lowest BCUT2D eigenvalue weighted by molar-refractivity contribution is -0.385. The molecule has 0 aliphatic carbocycles. The topological polar surface area (TPSA) is 101 Å². The van der Waals surface area contributed by atoms with Crippen LogP contribution < -0.4 is 10.0 Å². The summed E-state index contributed by atoms with van der Waals surface area (Å²) in [6.07, 6.45) is 2.02. The standard InChI is InChI=1S/C12H16BrN3O4S.ClH/c13-11-6-10(3-4-12(11)16(17)18)21(19,20)15-8-9-2-1-5-14-7-9;/h3-4,6,9,14-15H,1-2,5,7-8H2;1H. The lowest BCUT2D eigenvalue weighted by Crippen LogP contribution is -2.38. The third-order valence-electron chi connectivity index (χ3n) is 3.39. The van der Waals surface area contributed by atoms with Gasteiger partial charge in [-0.25, -0.2) is 13.1 Å². The molecular weight excluding hydrogens is 398 g/mol. The maximum atomic E-state index is 12.2. The molecule has 0 saturated carbocycles. The average molecular weight is 415 g/mol. The first-order chi connectivity index (χ1) is 9.90. The minimum absolute atomic E-state index is 0. The van der Waals surface area contributed by atoms with Crippen LogP contribution in [-0.4, -0.2) is 33.0 Å². The van der Waals surface area contributed by atoms with Crippen LogP contribution in [-0.2, 0) is 10.0 Å². The van der Waals surface area contributed by atoms with Crippen molar-refractivity contribution < 1.29 is 13.3 Å². The van der Waals surface area contributed by atoms with Gasteiger partial charge in [-0.3, -0.25) is 10.1 Å². The van der Waals surface area contributed by atoms with Crippen molar-refractivity contribution in [3.05, 3.63) is 32.8 Å². The van der Waals surface area contributed by atoms with Gasteiger partial charge in [0.2, 0.25) is 10.0 Å². The van der Waals surface area contributed by atoms with Gasteiger partial charge >= 0.3 is 0 Å². The molecule has 1 unspecified atom stereocenters. The molecule has 22 heavy (non-hydrogen) atoms. The van der Waals surface area contributed by atoms with Crippen LogP contribution in [0.3, 0.4) is 0 Å². The molecule has 2 rings (SSSR count). The fourth-order valence-corrected chi connectivity index (χ4v) is 4.03. The van der Waals surface area contributed by atoms with Gasteiger partial charge in [-0.1, -0.05) is 0 Å². The molecule has 1 saturated heterocycles. The van der Waals surface area contributed by atoms with Crippen LogP contribution in [0.25, 0.3) is 0 Å². The Hall–Kier alpha value is -0.740. The summed E-state index contributed by atoms with van der Waals surface area (Å²) in [6, 6.07) is 3.67. The van der Waals surface area contributed by atoms with E-state index in [9.17, 15) is 18.5 Å². The molecule has 0 bridgehead atoms. The van der Waals surface area contributed by atoms with Crippen molar-refractivity contribution in [2.24, 2.45) is 5.92 Å². The summed E-state index contributed by atoms with van der Waals surface area (Å²) < 4.78 is 27.1. The third-order valence-corrected chi connectivity index (χ3v) is 5.44. The molecular formula is C12H17BrClN3O4S. The number of benzene rings is 1. The van der Waals surface area contributed by atoms with E-state index in [1.165, 1.54) is 18.2 Å². The summed E-state index contributed by atoms with van der Waals surface area (Å²) >= 11 is 3.02. The summed E-state index contributed by atoms with van der Waals surface area (Å²) in [6.45, 7) is 2.13. The first kappa shape index (κ1) is 19.3. The van der Waals surface area contributed by atoms with E-state index >= 15 is 0 Å². The van der Waals surface area contributed by atoms with E-state index < -0.39 is 14.9 Å². The van der Waals surface area contributed by atoms with Gasteiger partial charge in [0.05, 0.1) is 14.3 Å². The number of rotatable bonds is 5. The van der Waals surface area contributed by atoms with Gasteiger partial charge in [0.25, 0.3) is 5.69 Å². The maximum Gasteiger partial charge on any atom is 0.283 e. The molecule has 124 valence electrons. The van der Waals surface area contributed by atoms with E-state index in [1.807, 2.05) is 0 Å². The third kappa shape index (κ3) is 4.88. The molecule has 1 aromatic rings. The normalized spacial score (nSPS) is 18.5. The molecule has 1 heterocycles. The monoisotopic (exact) mass is 413 g/mol. The van der Waals surface area contributed by atoms with Crippen molar-refractivity contribution in [1.29, 1.82) is 0 Å². The van der Waals surface area contributed by atoms with Crippen LogP contribution in [0, 0.1) is 16.0 Å². The van der Waals surface area contributed by atoms with Gasteiger partial charge in [0.1, 0.15) is 0 Å². The Morgan fingerprint density at radius 2 is 2.18 bits per heavy atom. The molecule has 1 aromatic carbocycles. The molecule has 0 radical (unpaired) electrons. The van der Waals surface area contributed by atoms with Crippen LogP contribution in [0.4, 0.5) is 5.69 Å². The predicted molar refractivity (Wildman–Crippen MR) is 88.8 cm³/mol. The van der Waals surface area contributed by atoms with Crippen molar-refractivity contribution in [1.82, 2.24) is 10.0 Å². The lowest BCUT2D eigenvalue weighted by atomic mass is 10.0. The molecule has 1 atom stereocenters. The maximum absolute atomic E-state index is 12.2. The predicted octanol–water partition coefficient (Wildman–Crippen LogP) is 2.06. The number of sulfonamides is 1. The molecule has 10 heteroatoms. The van der Waals surface area contributed by atoms with Crippen LogP contribution in [0.2, 0.25) is 0 Å². The van der Waals surface area contributed by atoms with Crippen molar-refractivity contribution in [2.45, 2.75) is 17.7 Å². The minimum atomic E-state index is -3.65. The van der Waals surface area contributed by atoms with Gasteiger partial charge in [-0.05, 0) is 59.9 Å². The van der Waals surface area contributed by atoms with Gasteiger partial charge in [-0.2, -0.15) is 0 Å². The number of nitro groups is 1. The number of halogens is 2. The van der Waals surface area contributed by atoms with E-state index in [2.05, 4.69) is 26.0 Å². The van der Waals surface area contributed by atoms with E-state index in [-0.39, 0.29) is 33.4 Å². The summed E-state index contributed by atoms with van der Waals surface area (Å²) in [7, 11) is -3.65. The largest absolute Gasteiger partial charge is 0.316 e. The summed E-state index contributed by atoms with van der Waals surface area (Å²) in [5.41, 5.74) is -0.162. The van der Waals surface area contributed by atoms with Crippen LogP contribution in [0.15, 0.2) is 27.6 Å². The van der Waals surface area contributed by atoms with E-state index in [1.54, 1.807) is 0 Å². The molecule has 1 fully saturated rings. The van der Waals surface area contributed by atoms with E-state index in [0.29, 0.717) is 6.54 Å². The molecule has 1 aliphatic heterocycles. The summed E-state index contributed by atoms with van der Waals surface area (Å²) in [4.78, 5) is 10.2. The Morgan fingerprint density at radius 1 is 1.45 bits per heavy atom. The second-order valence-electron chi connectivity index (χ2n) is 4.93. The Balaban J connectivity index is 0.00000242. The highest BCUT2D eigenvalue weighted by molar-refractivity contribution is 9.10. The molecule has 0 aromatic heterocycles. The van der Waals surface area contributed by atoms with Crippen LogP contribution >= 0.6 is 28.3 Å². The van der Waals surface area contributed by atoms with Gasteiger partial charge in [0.15, 0.2) is 0 Å². The van der Waals surface area contributed by atoms with Crippen LogP contribution in [0.1, 0.15) is 12.8 Å². The molecule has 0 spiro atoms. The quantitative estimate of drug-likeness (QED) is 0.567. The molecule has 2 N–H and O–H groups in total. The number of hydrogen-bond donors (Lipinski definition) is 2. The average Bonchev–Trinajstić information content (AvgIpc) is 2.46. The summed E-state index contributed by atoms with van der Waals surface area (Å²) in [5.74, 6) is 0.273. The van der Waals surface area contributed by atoms with Crippen molar-refractivity contribution in [3.63, 3.8) is 0 Å². The summed E-state index contributed by atoms with van der Waals surface area (Å²) in [5, 5.41) is 13.9. The highest BCUT2D eigenvalue weighted by Crippen LogP contribution is 2.27. The van der Waals surface area contributed by atoms with Gasteiger partial charge in [0, 0.05) is 12.6 Å². The molecule has 0 amide bonds. The Bertz CT molecular complexity index is 635. The first-order valence-electron chi connectivity index (χ1n) is 6.54. The van der Waals surface area contributed by atoms with Crippen molar-refractivity contribution in [2.75, 3.05) is 19.6 Å². The zero-order valence-corrected chi connectivity index (χ0v) is 14.8. The highest BCUT2D eigenvalue weighted by atomic mass is 79.9. The molecule has 7 nitrogen and oxygen atoms in total. The fourth-order valence-electron chi connectivity index (χ4n) is 2.21. The number of piperidine rings is 1. The highest BCUT2D eigenvalue weighted by Gasteiger charge is 2.21. The first-order valence-corrected chi connectivity index (χ1v) is 8.82. The van der Waals surface area contributed by atoms with Crippen molar-refractivity contribution >= 4 is 44.0 Å². The fraction of sp³-hybridized carbons (Fsp3) is 0.500. The second kappa shape index (κ2) is 8.21. The Morgan fingerprint density at radius 3 is 2.73 bits per heavy atom. The SMILES string of the molecule is Cl.O=[N+]([O-])c1ccc(S(=O)(=O)NCC2CCCNC2)cc1Br.